The Hall–Kier alpha value is -2.37. The van der Waals surface area contributed by atoms with Crippen LogP contribution in [0.1, 0.15) is 5.69 Å². The summed E-state index contributed by atoms with van der Waals surface area (Å²) in [7, 11) is 0. The molecule has 0 atom stereocenters. The molecule has 2 aromatic carbocycles. The molecule has 0 bridgehead atoms. The van der Waals surface area contributed by atoms with Crippen LogP contribution in [0.2, 0.25) is 10.0 Å². The monoisotopic (exact) mass is 331 g/mol. The molecule has 0 saturated carbocycles. The molecule has 3 rings (SSSR count). The molecule has 0 saturated heterocycles. The zero-order chi connectivity index (χ0) is 15.4. The fraction of sp³-hybridized carbons (Fsp3) is 0. The van der Waals surface area contributed by atoms with Gasteiger partial charge in [-0.15, -0.1) is 5.10 Å². The highest BCUT2D eigenvalue weighted by atomic mass is 35.5. The first-order chi connectivity index (χ1) is 10.7. The number of nitrogens with zero attached hydrogens (tertiary/aromatic N) is 4. The van der Waals surface area contributed by atoms with Crippen LogP contribution in [0.15, 0.2) is 59.8 Å². The lowest BCUT2D eigenvalue weighted by Gasteiger charge is -2.02. The van der Waals surface area contributed by atoms with Gasteiger partial charge < -0.3 is 0 Å². The first kappa shape index (κ1) is 14.6. The Morgan fingerprint density at radius 2 is 1.91 bits per heavy atom. The van der Waals surface area contributed by atoms with Crippen molar-refractivity contribution in [3.8, 4) is 5.69 Å². The van der Waals surface area contributed by atoms with E-state index in [1.54, 1.807) is 30.6 Å². The van der Waals surface area contributed by atoms with Crippen LogP contribution in [0.5, 0.6) is 0 Å². The van der Waals surface area contributed by atoms with Crippen LogP contribution in [-0.4, -0.2) is 21.2 Å². The lowest BCUT2D eigenvalue weighted by atomic mass is 10.3. The maximum absolute atomic E-state index is 6.04. The Balaban J connectivity index is 1.71. The average Bonchev–Trinajstić information content (AvgIpc) is 3.00. The Morgan fingerprint density at radius 1 is 1.09 bits per heavy atom. The highest BCUT2D eigenvalue weighted by molar-refractivity contribution is 6.35. The molecule has 0 aliphatic carbocycles. The predicted octanol–water partition coefficient (Wildman–Crippen LogP) is 4.02. The van der Waals surface area contributed by atoms with Gasteiger partial charge in [-0.1, -0.05) is 41.4 Å². The van der Waals surface area contributed by atoms with E-state index in [0.717, 1.165) is 5.69 Å². The zero-order valence-electron chi connectivity index (χ0n) is 11.3. The van der Waals surface area contributed by atoms with Crippen molar-refractivity contribution in [2.75, 3.05) is 5.43 Å². The lowest BCUT2D eigenvalue weighted by Crippen LogP contribution is -1.99. The second kappa shape index (κ2) is 6.60. The highest BCUT2D eigenvalue weighted by Gasteiger charge is 2.01. The number of rotatable bonds is 4. The van der Waals surface area contributed by atoms with Crippen LogP contribution in [-0.2, 0) is 0 Å². The number of para-hydroxylation sites is 1. The zero-order valence-corrected chi connectivity index (χ0v) is 12.8. The SMILES string of the molecule is Clc1ccc(Cl)c(N/N=C/c2cnn(-c3ccccc3)n2)c1. The van der Waals surface area contributed by atoms with Gasteiger partial charge in [0.2, 0.25) is 0 Å². The first-order valence-corrected chi connectivity index (χ1v) is 7.20. The first-order valence-electron chi connectivity index (χ1n) is 6.44. The molecule has 0 amide bonds. The summed E-state index contributed by atoms with van der Waals surface area (Å²) < 4.78 is 0. The quantitative estimate of drug-likeness (QED) is 0.580. The Labute approximate surface area is 137 Å². The summed E-state index contributed by atoms with van der Waals surface area (Å²) in [4.78, 5) is 1.54. The van der Waals surface area contributed by atoms with Crippen molar-refractivity contribution in [3.63, 3.8) is 0 Å². The van der Waals surface area contributed by atoms with Crippen LogP contribution >= 0.6 is 23.2 Å². The van der Waals surface area contributed by atoms with Crippen molar-refractivity contribution in [2.24, 2.45) is 5.10 Å². The summed E-state index contributed by atoms with van der Waals surface area (Å²) in [5.41, 5.74) is 4.96. The molecule has 0 unspecified atom stereocenters. The molecule has 0 spiro atoms. The Kier molecular flexibility index (Phi) is 4.37. The minimum absolute atomic E-state index is 0.537. The maximum Gasteiger partial charge on any atom is 0.126 e. The molecule has 1 N–H and O–H groups in total. The minimum atomic E-state index is 0.537. The fourth-order valence-electron chi connectivity index (χ4n) is 1.77. The molecule has 110 valence electrons. The minimum Gasteiger partial charge on any atom is -0.277 e. The molecule has 1 aromatic heterocycles. The van der Waals surface area contributed by atoms with E-state index in [1.807, 2.05) is 30.3 Å². The maximum atomic E-state index is 6.04. The highest BCUT2D eigenvalue weighted by Crippen LogP contribution is 2.25. The van der Waals surface area contributed by atoms with E-state index < -0.39 is 0 Å². The predicted molar refractivity (Wildman–Crippen MR) is 89.0 cm³/mol. The van der Waals surface area contributed by atoms with Gasteiger partial charge in [0, 0.05) is 5.02 Å². The molecule has 5 nitrogen and oxygen atoms in total. The molecule has 7 heteroatoms. The normalized spacial score (nSPS) is 11.0. The van der Waals surface area contributed by atoms with E-state index in [9.17, 15) is 0 Å². The third kappa shape index (κ3) is 3.44. The van der Waals surface area contributed by atoms with Crippen LogP contribution in [0.25, 0.3) is 5.69 Å². The van der Waals surface area contributed by atoms with Gasteiger partial charge in [0.15, 0.2) is 0 Å². The summed E-state index contributed by atoms with van der Waals surface area (Å²) in [6.45, 7) is 0. The van der Waals surface area contributed by atoms with Crippen LogP contribution in [0, 0.1) is 0 Å². The summed E-state index contributed by atoms with van der Waals surface area (Å²) in [6.07, 6.45) is 3.18. The second-order valence-corrected chi connectivity index (χ2v) is 5.23. The van der Waals surface area contributed by atoms with Gasteiger partial charge in [0.1, 0.15) is 5.69 Å². The van der Waals surface area contributed by atoms with E-state index in [0.29, 0.717) is 21.4 Å². The van der Waals surface area contributed by atoms with E-state index in [-0.39, 0.29) is 0 Å². The second-order valence-electron chi connectivity index (χ2n) is 4.39. The number of benzene rings is 2. The number of anilines is 1. The topological polar surface area (TPSA) is 55.1 Å². The summed E-state index contributed by atoms with van der Waals surface area (Å²) in [5.74, 6) is 0. The number of hydrogen-bond acceptors (Lipinski definition) is 4. The van der Waals surface area contributed by atoms with Gasteiger partial charge in [-0.25, -0.2) is 0 Å². The summed E-state index contributed by atoms with van der Waals surface area (Å²) >= 11 is 11.9. The fourth-order valence-corrected chi connectivity index (χ4v) is 2.10. The van der Waals surface area contributed by atoms with Crippen molar-refractivity contribution in [1.29, 1.82) is 0 Å². The van der Waals surface area contributed by atoms with Crippen molar-refractivity contribution in [2.45, 2.75) is 0 Å². The molecule has 0 aliphatic rings. The molecular formula is C15H11Cl2N5. The molecule has 0 radical (unpaired) electrons. The molecule has 3 aromatic rings. The van der Waals surface area contributed by atoms with Crippen molar-refractivity contribution < 1.29 is 0 Å². The largest absolute Gasteiger partial charge is 0.277 e. The number of hydrazone groups is 1. The van der Waals surface area contributed by atoms with Gasteiger partial charge in [0.05, 0.1) is 28.8 Å². The molecule has 1 heterocycles. The Bertz CT molecular complexity index is 799. The average molecular weight is 332 g/mol. The van der Waals surface area contributed by atoms with Crippen LogP contribution in [0.4, 0.5) is 5.69 Å². The van der Waals surface area contributed by atoms with Gasteiger partial charge in [0.25, 0.3) is 0 Å². The third-order valence-electron chi connectivity index (χ3n) is 2.81. The number of hydrogen-bond donors (Lipinski definition) is 1. The van der Waals surface area contributed by atoms with Crippen molar-refractivity contribution in [3.05, 3.63) is 70.5 Å². The van der Waals surface area contributed by atoms with Gasteiger partial charge >= 0.3 is 0 Å². The van der Waals surface area contributed by atoms with Crippen molar-refractivity contribution in [1.82, 2.24) is 15.0 Å². The number of aromatic nitrogens is 3. The standard InChI is InChI=1S/C15H11Cl2N5/c16-11-6-7-14(17)15(8-11)20-18-9-12-10-19-22(21-12)13-4-2-1-3-5-13/h1-10,20H/b18-9+. The summed E-state index contributed by atoms with van der Waals surface area (Å²) in [5, 5.41) is 13.7. The van der Waals surface area contributed by atoms with E-state index in [1.165, 1.54) is 4.80 Å². The van der Waals surface area contributed by atoms with Gasteiger partial charge in [-0.3, -0.25) is 5.43 Å². The van der Waals surface area contributed by atoms with Gasteiger partial charge in [-0.05, 0) is 30.3 Å². The lowest BCUT2D eigenvalue weighted by molar-refractivity contribution is 0.751. The van der Waals surface area contributed by atoms with E-state index in [4.69, 9.17) is 23.2 Å². The van der Waals surface area contributed by atoms with Gasteiger partial charge in [-0.2, -0.15) is 15.0 Å². The van der Waals surface area contributed by atoms with Crippen LogP contribution in [0.3, 0.4) is 0 Å². The molecule has 0 aliphatic heterocycles. The van der Waals surface area contributed by atoms with E-state index >= 15 is 0 Å². The van der Waals surface area contributed by atoms with Crippen LogP contribution < -0.4 is 5.43 Å². The third-order valence-corrected chi connectivity index (χ3v) is 3.37. The number of nitrogens with one attached hydrogen (secondary N) is 1. The molecular weight excluding hydrogens is 321 g/mol. The molecule has 0 fully saturated rings. The summed E-state index contributed by atoms with van der Waals surface area (Å²) in [6, 6.07) is 14.7. The van der Waals surface area contributed by atoms with Crippen molar-refractivity contribution >= 4 is 35.1 Å². The number of halogens is 2. The Morgan fingerprint density at radius 3 is 2.73 bits per heavy atom. The molecule has 22 heavy (non-hydrogen) atoms. The van der Waals surface area contributed by atoms with E-state index in [2.05, 4.69) is 20.7 Å². The smallest absolute Gasteiger partial charge is 0.126 e.